The van der Waals surface area contributed by atoms with Crippen molar-refractivity contribution >= 4 is 11.3 Å². The summed E-state index contributed by atoms with van der Waals surface area (Å²) in [5, 5.41) is 3.70. The molecule has 2 heteroatoms. The Bertz CT molecular complexity index is 355. The second-order valence-corrected chi connectivity index (χ2v) is 6.70. The summed E-state index contributed by atoms with van der Waals surface area (Å²) in [5.74, 6) is 0.928. The van der Waals surface area contributed by atoms with Crippen molar-refractivity contribution in [3.8, 4) is 0 Å². The van der Waals surface area contributed by atoms with Gasteiger partial charge in [-0.05, 0) is 62.6 Å². The fraction of sp³-hybridized carbons (Fsp3) is 0.733. The van der Waals surface area contributed by atoms with E-state index < -0.39 is 0 Å². The molecule has 1 nitrogen and oxygen atoms in total. The quantitative estimate of drug-likeness (QED) is 0.793. The molecule has 1 aromatic rings. The van der Waals surface area contributed by atoms with Gasteiger partial charge in [0, 0.05) is 15.8 Å². The van der Waals surface area contributed by atoms with Crippen LogP contribution in [0.3, 0.4) is 0 Å². The van der Waals surface area contributed by atoms with Crippen LogP contribution in [0.15, 0.2) is 6.07 Å². The van der Waals surface area contributed by atoms with E-state index in [4.69, 9.17) is 0 Å². The van der Waals surface area contributed by atoms with E-state index in [-0.39, 0.29) is 0 Å². The summed E-state index contributed by atoms with van der Waals surface area (Å²) < 4.78 is 0. The van der Waals surface area contributed by atoms with Crippen molar-refractivity contribution in [2.45, 2.75) is 57.9 Å². The molecule has 0 spiro atoms. The highest BCUT2D eigenvalue weighted by Gasteiger charge is 2.33. The average molecular weight is 249 g/mol. The Morgan fingerprint density at radius 2 is 2.12 bits per heavy atom. The maximum atomic E-state index is 3.70. The number of hydrogen-bond acceptors (Lipinski definition) is 2. The minimum absolute atomic E-state index is 0.664. The van der Waals surface area contributed by atoms with Crippen LogP contribution in [0.1, 0.15) is 60.4 Å². The molecule has 94 valence electrons. The highest BCUT2D eigenvalue weighted by Crippen LogP contribution is 2.44. The molecule has 17 heavy (non-hydrogen) atoms. The van der Waals surface area contributed by atoms with E-state index >= 15 is 0 Å². The number of rotatable bonds is 4. The molecule has 1 N–H and O–H groups in total. The third kappa shape index (κ3) is 2.58. The molecule has 0 radical (unpaired) electrons. The van der Waals surface area contributed by atoms with Gasteiger partial charge in [0.15, 0.2) is 0 Å². The maximum absolute atomic E-state index is 3.70. The highest BCUT2D eigenvalue weighted by molar-refractivity contribution is 7.12. The molecule has 3 rings (SSSR count). The van der Waals surface area contributed by atoms with E-state index in [0.29, 0.717) is 6.04 Å². The molecule has 0 aliphatic heterocycles. The standard InChI is InChI=1S/C15H23NS/c1-2-16-15(11-8-9-11)14-10-12-6-4-3-5-7-13(12)17-14/h10-11,15-16H,2-9H2,1H3. The van der Waals surface area contributed by atoms with Gasteiger partial charge >= 0.3 is 0 Å². The van der Waals surface area contributed by atoms with Gasteiger partial charge in [-0.2, -0.15) is 0 Å². The molecule has 1 aromatic heterocycles. The first kappa shape index (κ1) is 11.7. The molecule has 1 heterocycles. The molecule has 0 aromatic carbocycles. The lowest BCUT2D eigenvalue weighted by Gasteiger charge is -2.15. The number of nitrogens with one attached hydrogen (secondary N) is 1. The molecule has 0 amide bonds. The Kier molecular flexibility index (Phi) is 3.53. The Morgan fingerprint density at radius 1 is 1.29 bits per heavy atom. The first-order valence-corrected chi connectivity index (χ1v) is 8.05. The Hall–Kier alpha value is -0.340. The lowest BCUT2D eigenvalue weighted by atomic mass is 10.1. The topological polar surface area (TPSA) is 12.0 Å². The van der Waals surface area contributed by atoms with Crippen LogP contribution in [0.5, 0.6) is 0 Å². The Labute approximate surface area is 109 Å². The monoisotopic (exact) mass is 249 g/mol. The summed E-state index contributed by atoms with van der Waals surface area (Å²) in [4.78, 5) is 3.32. The van der Waals surface area contributed by atoms with Crippen LogP contribution in [0, 0.1) is 5.92 Å². The average Bonchev–Trinajstić information content (AvgIpc) is 3.12. The van der Waals surface area contributed by atoms with Crippen molar-refractivity contribution in [3.63, 3.8) is 0 Å². The predicted octanol–water partition coefficient (Wildman–Crippen LogP) is 4.08. The summed E-state index contributed by atoms with van der Waals surface area (Å²) >= 11 is 2.10. The van der Waals surface area contributed by atoms with Gasteiger partial charge in [0.25, 0.3) is 0 Å². The number of aryl methyl sites for hydroxylation is 2. The second kappa shape index (κ2) is 5.11. The molecule has 2 aliphatic carbocycles. The van der Waals surface area contributed by atoms with E-state index in [1.165, 1.54) is 44.9 Å². The van der Waals surface area contributed by atoms with Gasteiger partial charge in [0.1, 0.15) is 0 Å². The molecule has 1 saturated carbocycles. The van der Waals surface area contributed by atoms with Crippen LogP contribution < -0.4 is 5.32 Å². The van der Waals surface area contributed by atoms with E-state index in [2.05, 4.69) is 29.6 Å². The zero-order valence-corrected chi connectivity index (χ0v) is 11.6. The van der Waals surface area contributed by atoms with Crippen molar-refractivity contribution in [1.82, 2.24) is 5.32 Å². The largest absolute Gasteiger partial charge is 0.309 e. The first-order chi connectivity index (χ1) is 8.38. The van der Waals surface area contributed by atoms with Crippen LogP contribution in [0.2, 0.25) is 0 Å². The van der Waals surface area contributed by atoms with Gasteiger partial charge in [0.2, 0.25) is 0 Å². The van der Waals surface area contributed by atoms with Gasteiger partial charge in [-0.25, -0.2) is 0 Å². The van der Waals surface area contributed by atoms with E-state index in [0.717, 1.165) is 12.5 Å². The summed E-state index contributed by atoms with van der Waals surface area (Å²) in [6, 6.07) is 3.19. The van der Waals surface area contributed by atoms with E-state index in [1.807, 2.05) is 0 Å². The van der Waals surface area contributed by atoms with Crippen LogP contribution in [0.25, 0.3) is 0 Å². The predicted molar refractivity (Wildman–Crippen MR) is 74.7 cm³/mol. The van der Waals surface area contributed by atoms with Gasteiger partial charge in [0.05, 0.1) is 0 Å². The molecule has 1 fully saturated rings. The lowest BCUT2D eigenvalue weighted by molar-refractivity contribution is 0.503. The van der Waals surface area contributed by atoms with Gasteiger partial charge in [-0.1, -0.05) is 13.3 Å². The third-order valence-corrected chi connectivity index (χ3v) is 5.41. The van der Waals surface area contributed by atoms with Crippen LogP contribution in [-0.2, 0) is 12.8 Å². The van der Waals surface area contributed by atoms with Crippen molar-refractivity contribution < 1.29 is 0 Å². The van der Waals surface area contributed by atoms with Crippen molar-refractivity contribution in [2.24, 2.45) is 5.92 Å². The lowest BCUT2D eigenvalue weighted by Crippen LogP contribution is -2.21. The molecule has 0 saturated heterocycles. The number of thiophene rings is 1. The van der Waals surface area contributed by atoms with Crippen LogP contribution in [0.4, 0.5) is 0 Å². The van der Waals surface area contributed by atoms with Crippen LogP contribution >= 0.6 is 11.3 Å². The van der Waals surface area contributed by atoms with Gasteiger partial charge in [-0.15, -0.1) is 11.3 Å². The smallest absolute Gasteiger partial charge is 0.0443 e. The minimum atomic E-state index is 0.664. The van der Waals surface area contributed by atoms with Crippen molar-refractivity contribution in [1.29, 1.82) is 0 Å². The summed E-state index contributed by atoms with van der Waals surface area (Å²) in [6.45, 7) is 3.33. The summed E-state index contributed by atoms with van der Waals surface area (Å²) in [5.41, 5.74) is 1.67. The zero-order valence-electron chi connectivity index (χ0n) is 10.8. The molecular formula is C15H23NS. The minimum Gasteiger partial charge on any atom is -0.309 e. The van der Waals surface area contributed by atoms with Crippen molar-refractivity contribution in [3.05, 3.63) is 21.4 Å². The Morgan fingerprint density at radius 3 is 2.88 bits per heavy atom. The fourth-order valence-corrected chi connectivity index (χ4v) is 4.42. The number of fused-ring (bicyclic) bond motifs is 1. The third-order valence-electron chi connectivity index (χ3n) is 4.09. The molecule has 0 bridgehead atoms. The maximum Gasteiger partial charge on any atom is 0.0443 e. The molecule has 1 atom stereocenters. The normalized spacial score (nSPS) is 21.9. The molecule has 2 aliphatic rings. The summed E-state index contributed by atoms with van der Waals surface area (Å²) in [7, 11) is 0. The van der Waals surface area contributed by atoms with E-state index in [9.17, 15) is 0 Å². The van der Waals surface area contributed by atoms with Gasteiger partial charge < -0.3 is 5.32 Å². The first-order valence-electron chi connectivity index (χ1n) is 7.23. The fourth-order valence-electron chi connectivity index (χ4n) is 2.99. The second-order valence-electron chi connectivity index (χ2n) is 5.53. The van der Waals surface area contributed by atoms with E-state index in [1.54, 1.807) is 15.3 Å². The highest BCUT2D eigenvalue weighted by atomic mass is 32.1. The Balaban J connectivity index is 1.81. The van der Waals surface area contributed by atoms with Gasteiger partial charge in [-0.3, -0.25) is 0 Å². The summed E-state index contributed by atoms with van der Waals surface area (Å²) in [6.07, 6.45) is 9.76. The SMILES string of the molecule is CCNC(c1cc2c(s1)CCCCC2)C1CC1. The van der Waals surface area contributed by atoms with Crippen molar-refractivity contribution in [2.75, 3.05) is 6.54 Å². The van der Waals surface area contributed by atoms with Crippen LogP contribution in [-0.4, -0.2) is 6.54 Å². The number of hydrogen-bond donors (Lipinski definition) is 1. The molecule has 1 unspecified atom stereocenters. The molecular weight excluding hydrogens is 226 g/mol. The zero-order chi connectivity index (χ0) is 11.7.